The summed E-state index contributed by atoms with van der Waals surface area (Å²) >= 11 is 0. The second kappa shape index (κ2) is 38.4. The molecule has 0 bridgehead atoms. The second-order valence-corrected chi connectivity index (χ2v) is 0.363. The quantitative estimate of drug-likeness (QED) is 0.151. The Labute approximate surface area is 91.7 Å². The van der Waals surface area contributed by atoms with Crippen LogP contribution in [0, 0.1) is 10.1 Å². The zero-order valence-electron chi connectivity index (χ0n) is 4.66. The molecule has 0 saturated heterocycles. The van der Waals surface area contributed by atoms with Crippen molar-refractivity contribution in [1.82, 2.24) is 0 Å². The third kappa shape index (κ3) is 130. The molecule has 38 valence electrons. The van der Waals surface area contributed by atoms with E-state index in [9.17, 15) is 0 Å². The van der Waals surface area contributed by atoms with Gasteiger partial charge in [-0.25, -0.2) is 0 Å². The van der Waals surface area contributed by atoms with Crippen LogP contribution in [0.5, 0.6) is 0 Å². The van der Waals surface area contributed by atoms with Gasteiger partial charge in [0.1, 0.15) is 0 Å². The average Bonchev–Trinajstić information content (AvgIpc) is 1.39. The molecule has 0 spiro atoms. The van der Waals surface area contributed by atoms with Gasteiger partial charge in [0, 0.05) is 0 Å². The molecular weight excluding hydrogens is 155 g/mol. The third-order valence-electron chi connectivity index (χ3n) is 0. The Bertz CT molecular complexity index is 35.0. The fourth-order valence-corrected chi connectivity index (χ4v) is 0. The molecular formula is H2NNa2O4P. The van der Waals surface area contributed by atoms with Crippen molar-refractivity contribution in [3.8, 4) is 0 Å². The average molecular weight is 157 g/mol. The molecule has 0 aliphatic heterocycles. The molecule has 0 aliphatic carbocycles. The number of rotatable bonds is 0. The van der Waals surface area contributed by atoms with Crippen molar-refractivity contribution in [2.45, 2.75) is 0 Å². The van der Waals surface area contributed by atoms with Crippen LogP contribution in [0.4, 0.5) is 0 Å². The maximum absolute atomic E-state index is 8.46. The molecule has 0 rings (SSSR count). The first-order chi connectivity index (χ1) is 2.83. The van der Waals surface area contributed by atoms with Crippen molar-refractivity contribution in [3.05, 3.63) is 10.1 Å². The Hall–Kier alpha value is 1.59. The molecule has 0 aromatic rings. The Balaban J connectivity index is -0.0000000160. The zero-order chi connectivity index (χ0) is 5.41. The van der Waals surface area contributed by atoms with Crippen molar-refractivity contribution >= 4 is 8.69 Å². The standard InChI is InChI=1S/HNO2.2Na.H3O2P/c2-1-3;;;1-3-2/h(H,2,3);;;3H2,(H,1,2)/q;2*+1;/p-2. The number of hydrogen-bond donors (Lipinski definition) is 0. The van der Waals surface area contributed by atoms with Crippen molar-refractivity contribution in [3.63, 3.8) is 0 Å². The van der Waals surface area contributed by atoms with E-state index in [0.717, 1.165) is 5.34 Å². The van der Waals surface area contributed by atoms with Crippen molar-refractivity contribution < 1.29 is 68.6 Å². The van der Waals surface area contributed by atoms with E-state index in [1.807, 2.05) is 0 Å². The third-order valence-corrected chi connectivity index (χ3v) is 0. The summed E-state index contributed by atoms with van der Waals surface area (Å²) in [6.45, 7) is 0. The van der Waals surface area contributed by atoms with Gasteiger partial charge in [0.2, 0.25) is 0 Å². The molecule has 0 aromatic heterocycles. The summed E-state index contributed by atoms with van der Waals surface area (Å²) < 4.78 is 8.46. The maximum Gasteiger partial charge on any atom is 1.00 e. The predicted octanol–water partition coefficient (Wildman–Crippen LogP) is -6.72. The minimum Gasteiger partial charge on any atom is -0.804 e. The number of nitrogens with zero attached hydrogens (tertiary/aromatic N) is 1. The fourth-order valence-electron chi connectivity index (χ4n) is 0. The first-order valence-electron chi connectivity index (χ1n) is 0.837. The molecule has 8 heteroatoms. The summed E-state index contributed by atoms with van der Waals surface area (Å²) in [5.74, 6) is 0. The molecule has 0 amide bonds. The Morgan fingerprint density at radius 3 is 1.38 bits per heavy atom. The molecule has 8 heavy (non-hydrogen) atoms. The molecule has 0 N–H and O–H groups in total. The van der Waals surface area contributed by atoms with Crippen LogP contribution in [0.2, 0.25) is 0 Å². The van der Waals surface area contributed by atoms with E-state index in [0.29, 0.717) is 0 Å². The van der Waals surface area contributed by atoms with E-state index < -0.39 is 8.69 Å². The summed E-state index contributed by atoms with van der Waals surface area (Å²) in [6, 6.07) is 0. The van der Waals surface area contributed by atoms with E-state index in [2.05, 4.69) is 0 Å². The van der Waals surface area contributed by atoms with Gasteiger partial charge in [-0.3, -0.25) is 0 Å². The van der Waals surface area contributed by atoms with Crippen LogP contribution in [0.15, 0.2) is 5.34 Å². The van der Waals surface area contributed by atoms with Crippen LogP contribution in [-0.2, 0) is 4.57 Å². The largest absolute Gasteiger partial charge is 1.00 e. The van der Waals surface area contributed by atoms with Crippen LogP contribution >= 0.6 is 8.69 Å². The molecule has 0 saturated carbocycles. The molecule has 0 aliphatic rings. The number of hydrogen-bond acceptors (Lipinski definition) is 5. The molecule has 0 radical (unpaired) electrons. The van der Waals surface area contributed by atoms with E-state index >= 15 is 0 Å². The SMILES string of the molecule is O=N[O-].O=[PH2][O-].[Na+].[Na+]. The fraction of sp³-hybridized carbons (Fsp3) is 0. The van der Waals surface area contributed by atoms with Crippen molar-refractivity contribution in [2.75, 3.05) is 0 Å². The molecule has 0 fully saturated rings. The van der Waals surface area contributed by atoms with Crippen LogP contribution in [0.25, 0.3) is 0 Å². The second-order valence-electron chi connectivity index (χ2n) is 0.171. The van der Waals surface area contributed by atoms with Gasteiger partial charge in [-0.15, -0.1) is 5.34 Å². The van der Waals surface area contributed by atoms with Crippen molar-refractivity contribution in [2.24, 2.45) is 5.34 Å². The zero-order valence-corrected chi connectivity index (χ0v) is 9.81. The van der Waals surface area contributed by atoms with Gasteiger partial charge in [-0.2, -0.15) is 0 Å². The Morgan fingerprint density at radius 1 is 1.38 bits per heavy atom. The summed E-state index contributed by atoms with van der Waals surface area (Å²) in [7, 11) is -1.75. The van der Waals surface area contributed by atoms with Crippen molar-refractivity contribution in [1.29, 1.82) is 0 Å². The maximum atomic E-state index is 8.46. The monoisotopic (exact) mass is 157 g/mol. The Kier molecular flexibility index (Phi) is 109. The van der Waals surface area contributed by atoms with E-state index in [1.54, 1.807) is 0 Å². The smallest absolute Gasteiger partial charge is 0.804 e. The van der Waals surface area contributed by atoms with Crippen LogP contribution in [-0.4, -0.2) is 0 Å². The van der Waals surface area contributed by atoms with Gasteiger partial charge >= 0.3 is 59.1 Å². The molecule has 1 atom stereocenters. The van der Waals surface area contributed by atoms with Gasteiger partial charge in [-0.1, -0.05) is 0 Å². The van der Waals surface area contributed by atoms with E-state index in [4.69, 9.17) is 19.6 Å². The summed E-state index contributed by atoms with van der Waals surface area (Å²) in [6.07, 6.45) is 0. The minimum absolute atomic E-state index is 0. The van der Waals surface area contributed by atoms with Gasteiger partial charge in [0.15, 0.2) is 0 Å². The molecule has 0 aromatic carbocycles. The van der Waals surface area contributed by atoms with Crippen LogP contribution < -0.4 is 64.0 Å². The van der Waals surface area contributed by atoms with Gasteiger partial charge in [-0.05, 0) is 8.69 Å². The van der Waals surface area contributed by atoms with E-state index in [1.165, 1.54) is 0 Å². The minimum atomic E-state index is -1.75. The topological polar surface area (TPSA) is 92.6 Å². The van der Waals surface area contributed by atoms with Gasteiger partial charge in [0.05, 0.1) is 0 Å². The Morgan fingerprint density at radius 2 is 1.38 bits per heavy atom. The van der Waals surface area contributed by atoms with Gasteiger partial charge < -0.3 is 19.6 Å². The molecule has 5 nitrogen and oxygen atoms in total. The van der Waals surface area contributed by atoms with Crippen LogP contribution in [0.1, 0.15) is 0 Å². The first-order valence-corrected chi connectivity index (χ1v) is 1.78. The molecule has 0 heterocycles. The summed E-state index contributed by atoms with van der Waals surface area (Å²) in [5.41, 5.74) is 0. The first kappa shape index (κ1) is 22.6. The summed E-state index contributed by atoms with van der Waals surface area (Å²) in [4.78, 5) is 16.5. The molecule has 1 unspecified atom stereocenters. The van der Waals surface area contributed by atoms with E-state index in [-0.39, 0.29) is 59.1 Å². The summed E-state index contributed by atoms with van der Waals surface area (Å²) in [5, 5.41) is 9.00. The van der Waals surface area contributed by atoms with Gasteiger partial charge in [0.25, 0.3) is 0 Å². The normalized spacial score (nSPS) is 5.12. The predicted molar refractivity (Wildman–Crippen MR) is 19.6 cm³/mol. The van der Waals surface area contributed by atoms with Crippen LogP contribution in [0.3, 0.4) is 0 Å².